The molecule has 5 heteroatoms. The standard InChI is InChI=1S/C12H11BrN2O2/c1-3-9-10(12(16)17-4-2)14-11-8(13)6-5-7-15(9)11/h3,5-7H,1,4H2,2H3. The molecular weight excluding hydrogens is 284 g/mol. The Bertz CT molecular complexity index is 589. The van der Waals surface area contributed by atoms with Crippen molar-refractivity contribution in [2.75, 3.05) is 6.61 Å². The van der Waals surface area contributed by atoms with Crippen molar-refractivity contribution < 1.29 is 9.53 Å². The molecule has 0 spiro atoms. The van der Waals surface area contributed by atoms with Crippen molar-refractivity contribution >= 4 is 33.6 Å². The van der Waals surface area contributed by atoms with Gasteiger partial charge in [-0.15, -0.1) is 0 Å². The predicted molar refractivity (Wildman–Crippen MR) is 68.9 cm³/mol. The van der Waals surface area contributed by atoms with Crippen molar-refractivity contribution in [3.63, 3.8) is 0 Å². The first kappa shape index (κ1) is 11.9. The van der Waals surface area contributed by atoms with Gasteiger partial charge in [0.2, 0.25) is 0 Å². The molecule has 0 saturated heterocycles. The van der Waals surface area contributed by atoms with Gasteiger partial charge in [0.1, 0.15) is 0 Å². The molecule has 0 aromatic carbocycles. The van der Waals surface area contributed by atoms with Crippen molar-refractivity contribution in [3.05, 3.63) is 40.8 Å². The highest BCUT2D eigenvalue weighted by Gasteiger charge is 2.18. The Kier molecular flexibility index (Phi) is 3.28. The number of carbonyl (C=O) groups excluding carboxylic acids is 1. The summed E-state index contributed by atoms with van der Waals surface area (Å²) in [6.45, 7) is 5.79. The topological polar surface area (TPSA) is 43.6 Å². The van der Waals surface area contributed by atoms with Gasteiger partial charge in [-0.25, -0.2) is 9.78 Å². The van der Waals surface area contributed by atoms with Crippen LogP contribution in [0.3, 0.4) is 0 Å². The highest BCUT2D eigenvalue weighted by Crippen LogP contribution is 2.21. The van der Waals surface area contributed by atoms with Gasteiger partial charge in [0, 0.05) is 6.20 Å². The molecule has 0 amide bonds. The van der Waals surface area contributed by atoms with Crippen LogP contribution in [0.5, 0.6) is 0 Å². The average molecular weight is 295 g/mol. The molecular formula is C12H11BrN2O2. The molecule has 0 aliphatic heterocycles. The first-order chi connectivity index (χ1) is 8.19. The summed E-state index contributed by atoms with van der Waals surface area (Å²) in [4.78, 5) is 16.0. The SMILES string of the molecule is C=Cc1c(C(=O)OCC)nc2c(Br)cccn12. The summed E-state index contributed by atoms with van der Waals surface area (Å²) < 4.78 is 7.58. The summed E-state index contributed by atoms with van der Waals surface area (Å²) in [5.41, 5.74) is 1.60. The molecule has 2 aromatic rings. The average Bonchev–Trinajstić information content (AvgIpc) is 2.69. The minimum atomic E-state index is -0.432. The van der Waals surface area contributed by atoms with E-state index in [2.05, 4.69) is 27.5 Å². The van der Waals surface area contributed by atoms with Gasteiger partial charge in [-0.1, -0.05) is 6.58 Å². The smallest absolute Gasteiger partial charge is 0.359 e. The van der Waals surface area contributed by atoms with Gasteiger partial charge in [0.25, 0.3) is 0 Å². The molecule has 2 heterocycles. The molecule has 0 N–H and O–H groups in total. The number of fused-ring (bicyclic) bond motifs is 1. The van der Waals surface area contributed by atoms with E-state index in [-0.39, 0.29) is 5.69 Å². The van der Waals surface area contributed by atoms with Crippen LogP contribution in [-0.2, 0) is 4.74 Å². The van der Waals surface area contributed by atoms with Crippen molar-refractivity contribution in [1.82, 2.24) is 9.38 Å². The van der Waals surface area contributed by atoms with Crippen LogP contribution < -0.4 is 0 Å². The Labute approximate surface area is 107 Å². The Morgan fingerprint density at radius 2 is 2.47 bits per heavy atom. The van der Waals surface area contributed by atoms with Crippen molar-refractivity contribution in [2.24, 2.45) is 0 Å². The number of carbonyl (C=O) groups is 1. The highest BCUT2D eigenvalue weighted by atomic mass is 79.9. The van der Waals surface area contributed by atoms with Gasteiger partial charge < -0.3 is 4.74 Å². The van der Waals surface area contributed by atoms with E-state index in [9.17, 15) is 4.79 Å². The third-order valence-corrected chi connectivity index (χ3v) is 2.92. The van der Waals surface area contributed by atoms with E-state index < -0.39 is 5.97 Å². The lowest BCUT2D eigenvalue weighted by atomic mass is 10.3. The van der Waals surface area contributed by atoms with E-state index in [1.54, 1.807) is 17.4 Å². The van der Waals surface area contributed by atoms with Crippen LogP contribution in [0.4, 0.5) is 0 Å². The Morgan fingerprint density at radius 1 is 1.71 bits per heavy atom. The molecule has 0 atom stereocenters. The van der Waals surface area contributed by atoms with Gasteiger partial charge in [-0.3, -0.25) is 4.40 Å². The van der Waals surface area contributed by atoms with E-state index in [0.717, 1.165) is 4.47 Å². The fourth-order valence-electron chi connectivity index (χ4n) is 1.60. The Balaban J connectivity index is 2.68. The number of halogens is 1. The van der Waals surface area contributed by atoms with Crippen LogP contribution >= 0.6 is 15.9 Å². The molecule has 0 bridgehead atoms. The second kappa shape index (κ2) is 4.71. The van der Waals surface area contributed by atoms with Crippen LogP contribution in [0, 0.1) is 0 Å². The fourth-order valence-corrected chi connectivity index (χ4v) is 2.03. The number of aromatic nitrogens is 2. The molecule has 4 nitrogen and oxygen atoms in total. The van der Waals surface area contributed by atoms with Crippen LogP contribution in [-0.4, -0.2) is 22.0 Å². The lowest BCUT2D eigenvalue weighted by Crippen LogP contribution is -2.06. The largest absolute Gasteiger partial charge is 0.461 e. The lowest BCUT2D eigenvalue weighted by Gasteiger charge is -1.99. The summed E-state index contributed by atoms with van der Waals surface area (Å²) in [6.07, 6.45) is 3.42. The summed E-state index contributed by atoms with van der Waals surface area (Å²) in [5, 5.41) is 0. The number of pyridine rings is 1. The fraction of sp³-hybridized carbons (Fsp3) is 0.167. The maximum Gasteiger partial charge on any atom is 0.359 e. The molecule has 88 valence electrons. The zero-order valence-electron chi connectivity index (χ0n) is 9.31. The van der Waals surface area contributed by atoms with Crippen molar-refractivity contribution in [2.45, 2.75) is 6.92 Å². The van der Waals surface area contributed by atoms with Gasteiger partial charge in [0.15, 0.2) is 11.3 Å². The number of esters is 1. The first-order valence-corrected chi connectivity index (χ1v) is 5.94. The zero-order chi connectivity index (χ0) is 12.4. The number of nitrogens with zero attached hydrogens (tertiary/aromatic N) is 2. The van der Waals surface area contributed by atoms with Gasteiger partial charge in [-0.2, -0.15) is 0 Å². The van der Waals surface area contributed by atoms with Crippen LogP contribution in [0.1, 0.15) is 23.1 Å². The molecule has 0 aliphatic rings. The monoisotopic (exact) mass is 294 g/mol. The number of hydrogen-bond acceptors (Lipinski definition) is 3. The van der Waals surface area contributed by atoms with E-state index in [1.165, 1.54) is 0 Å². The summed E-state index contributed by atoms with van der Waals surface area (Å²) >= 11 is 3.39. The third-order valence-electron chi connectivity index (χ3n) is 2.30. The number of imidazole rings is 1. The van der Waals surface area contributed by atoms with Crippen molar-refractivity contribution in [3.8, 4) is 0 Å². The normalized spacial score (nSPS) is 10.5. The molecule has 0 fully saturated rings. The van der Waals surface area contributed by atoms with Crippen LogP contribution in [0.2, 0.25) is 0 Å². The number of hydrogen-bond donors (Lipinski definition) is 0. The van der Waals surface area contributed by atoms with E-state index in [0.29, 0.717) is 17.9 Å². The molecule has 0 unspecified atom stereocenters. The number of ether oxygens (including phenoxy) is 1. The van der Waals surface area contributed by atoms with E-state index >= 15 is 0 Å². The zero-order valence-corrected chi connectivity index (χ0v) is 10.9. The third kappa shape index (κ3) is 1.98. The minimum Gasteiger partial charge on any atom is -0.461 e. The molecule has 17 heavy (non-hydrogen) atoms. The molecule has 0 radical (unpaired) electrons. The molecule has 0 aliphatic carbocycles. The van der Waals surface area contributed by atoms with Crippen molar-refractivity contribution in [1.29, 1.82) is 0 Å². The summed E-state index contributed by atoms with van der Waals surface area (Å²) in [5.74, 6) is -0.432. The maximum absolute atomic E-state index is 11.7. The molecule has 2 aromatic heterocycles. The van der Waals surface area contributed by atoms with Gasteiger partial charge in [-0.05, 0) is 41.1 Å². The summed E-state index contributed by atoms with van der Waals surface area (Å²) in [7, 11) is 0. The molecule has 0 saturated carbocycles. The quantitative estimate of drug-likeness (QED) is 0.818. The molecule has 2 rings (SSSR count). The summed E-state index contributed by atoms with van der Waals surface area (Å²) in [6, 6.07) is 3.73. The Hall–Kier alpha value is -1.62. The Morgan fingerprint density at radius 3 is 3.12 bits per heavy atom. The second-order valence-corrected chi connectivity index (χ2v) is 4.17. The predicted octanol–water partition coefficient (Wildman–Crippen LogP) is 2.92. The van der Waals surface area contributed by atoms with Gasteiger partial charge in [0.05, 0.1) is 16.8 Å². The second-order valence-electron chi connectivity index (χ2n) is 3.32. The van der Waals surface area contributed by atoms with Crippen LogP contribution in [0.25, 0.3) is 11.7 Å². The van der Waals surface area contributed by atoms with E-state index in [4.69, 9.17) is 4.74 Å². The van der Waals surface area contributed by atoms with E-state index in [1.807, 2.05) is 18.3 Å². The van der Waals surface area contributed by atoms with Gasteiger partial charge >= 0.3 is 5.97 Å². The number of rotatable bonds is 3. The highest BCUT2D eigenvalue weighted by molar-refractivity contribution is 9.10. The lowest BCUT2D eigenvalue weighted by molar-refractivity contribution is 0.0520. The van der Waals surface area contributed by atoms with Crippen LogP contribution in [0.15, 0.2) is 29.4 Å². The first-order valence-electron chi connectivity index (χ1n) is 5.15. The maximum atomic E-state index is 11.7. The minimum absolute atomic E-state index is 0.286.